The maximum absolute atomic E-state index is 12.9. The van der Waals surface area contributed by atoms with Gasteiger partial charge in [0.25, 0.3) is 0 Å². The lowest BCUT2D eigenvalue weighted by molar-refractivity contribution is 0.0494. The number of ether oxygens (including phenoxy) is 3. The second-order valence-electron chi connectivity index (χ2n) is 7.93. The summed E-state index contributed by atoms with van der Waals surface area (Å²) < 4.78 is 42.2. The van der Waals surface area contributed by atoms with Gasteiger partial charge in [-0.15, -0.1) is 0 Å². The third kappa shape index (κ3) is 6.99. The zero-order valence-corrected chi connectivity index (χ0v) is 20.1. The Labute approximate surface area is 200 Å². The van der Waals surface area contributed by atoms with Crippen molar-refractivity contribution >= 4 is 21.5 Å². The number of hydrogen-bond acceptors (Lipinski definition) is 7. The molecule has 34 heavy (non-hydrogen) atoms. The van der Waals surface area contributed by atoms with E-state index in [0.29, 0.717) is 42.2 Å². The predicted octanol–water partition coefficient (Wildman–Crippen LogP) is 4.90. The summed E-state index contributed by atoms with van der Waals surface area (Å²) >= 11 is 0. The van der Waals surface area contributed by atoms with Gasteiger partial charge in [-0.3, -0.25) is 0 Å². The van der Waals surface area contributed by atoms with Crippen molar-refractivity contribution in [3.8, 4) is 11.5 Å². The number of carbonyl (C=O) groups is 1. The topological polar surface area (TPSA) is 105 Å². The molecule has 3 rings (SSSR count). The third-order valence-electron chi connectivity index (χ3n) is 4.83. The summed E-state index contributed by atoms with van der Waals surface area (Å²) in [6.07, 6.45) is 1.34. The molecule has 0 spiro atoms. The van der Waals surface area contributed by atoms with E-state index in [-0.39, 0.29) is 28.5 Å². The van der Waals surface area contributed by atoms with Crippen molar-refractivity contribution in [3.63, 3.8) is 0 Å². The number of hydrogen-bond donors (Lipinski definition) is 1. The highest BCUT2D eigenvalue weighted by molar-refractivity contribution is 7.91. The van der Waals surface area contributed by atoms with Crippen LogP contribution in [0.25, 0.3) is 0 Å². The molecule has 0 aliphatic heterocycles. The van der Waals surface area contributed by atoms with E-state index in [4.69, 9.17) is 19.9 Å². The Morgan fingerprint density at radius 1 is 0.794 bits per heavy atom. The van der Waals surface area contributed by atoms with E-state index in [1.165, 1.54) is 24.3 Å². The van der Waals surface area contributed by atoms with Crippen molar-refractivity contribution in [1.29, 1.82) is 0 Å². The van der Waals surface area contributed by atoms with E-state index >= 15 is 0 Å². The molecule has 0 aliphatic carbocycles. The van der Waals surface area contributed by atoms with Crippen LogP contribution in [0.3, 0.4) is 0 Å². The summed E-state index contributed by atoms with van der Waals surface area (Å²) in [4.78, 5) is 12.3. The Balaban J connectivity index is 1.43. The van der Waals surface area contributed by atoms with Crippen molar-refractivity contribution in [2.45, 2.75) is 42.6 Å². The molecule has 0 unspecified atom stereocenters. The van der Waals surface area contributed by atoms with Gasteiger partial charge in [-0.1, -0.05) is 0 Å². The van der Waals surface area contributed by atoms with Crippen LogP contribution in [-0.2, 0) is 14.6 Å². The Kier molecular flexibility index (Phi) is 8.54. The first-order valence-electron chi connectivity index (χ1n) is 11.0. The van der Waals surface area contributed by atoms with Crippen LogP contribution < -0.4 is 15.2 Å². The zero-order chi connectivity index (χ0) is 24.6. The minimum Gasteiger partial charge on any atom is -0.494 e. The van der Waals surface area contributed by atoms with E-state index < -0.39 is 9.84 Å². The highest BCUT2D eigenvalue weighted by atomic mass is 32.2. The molecular formula is C26H29NO6S. The van der Waals surface area contributed by atoms with Crippen LogP contribution in [0.15, 0.2) is 82.6 Å². The van der Waals surface area contributed by atoms with Crippen LogP contribution in [0.2, 0.25) is 0 Å². The molecule has 7 nitrogen and oxygen atoms in total. The second kappa shape index (κ2) is 11.6. The fourth-order valence-electron chi connectivity index (χ4n) is 3.08. The standard InChI is InChI=1S/C26H29NO6S/c1-19(2)33-23-11-15-25(16-12-23)34(29,30)24-13-9-22(10-14-24)31-17-3-4-18-32-26(28)20-5-7-21(27)8-6-20/h5-16,19H,3-4,17-18,27H2,1-2H3. The van der Waals surface area contributed by atoms with Gasteiger partial charge in [-0.2, -0.15) is 0 Å². The van der Waals surface area contributed by atoms with Gasteiger partial charge in [0.1, 0.15) is 11.5 Å². The first kappa shape index (κ1) is 25.1. The number of esters is 1. The minimum atomic E-state index is -3.63. The van der Waals surface area contributed by atoms with E-state index in [9.17, 15) is 13.2 Å². The smallest absolute Gasteiger partial charge is 0.338 e. The van der Waals surface area contributed by atoms with E-state index in [0.717, 1.165) is 0 Å². The van der Waals surface area contributed by atoms with Gasteiger partial charge >= 0.3 is 5.97 Å². The van der Waals surface area contributed by atoms with Crippen LogP contribution in [0.1, 0.15) is 37.0 Å². The van der Waals surface area contributed by atoms with Crippen molar-refractivity contribution in [2.75, 3.05) is 18.9 Å². The van der Waals surface area contributed by atoms with Crippen LogP contribution in [0.4, 0.5) is 5.69 Å². The first-order chi connectivity index (χ1) is 16.3. The quantitative estimate of drug-likeness (QED) is 0.235. The van der Waals surface area contributed by atoms with Crippen LogP contribution in [0, 0.1) is 0 Å². The van der Waals surface area contributed by atoms with Gasteiger partial charge in [0.05, 0.1) is 34.7 Å². The summed E-state index contributed by atoms with van der Waals surface area (Å²) in [6, 6.07) is 19.2. The Morgan fingerprint density at radius 3 is 1.88 bits per heavy atom. The molecule has 0 bridgehead atoms. The number of carbonyl (C=O) groups excluding carboxylic acids is 1. The molecule has 0 saturated heterocycles. The number of rotatable bonds is 11. The molecule has 0 atom stereocenters. The number of anilines is 1. The lowest BCUT2D eigenvalue weighted by atomic mass is 10.2. The SMILES string of the molecule is CC(C)Oc1ccc(S(=O)(=O)c2ccc(OCCCCOC(=O)c3ccc(N)cc3)cc2)cc1. The molecule has 3 aromatic rings. The Bertz CT molecular complexity index is 1170. The number of unbranched alkanes of at least 4 members (excludes halogenated alkanes) is 1. The van der Waals surface area contributed by atoms with Gasteiger partial charge in [-0.05, 0) is 99.5 Å². The Hall–Kier alpha value is -3.52. The molecule has 0 heterocycles. The molecule has 3 aromatic carbocycles. The van der Waals surface area contributed by atoms with Crippen molar-refractivity contribution in [2.24, 2.45) is 0 Å². The molecule has 0 amide bonds. The zero-order valence-electron chi connectivity index (χ0n) is 19.3. The molecule has 0 saturated carbocycles. The van der Waals surface area contributed by atoms with Crippen molar-refractivity contribution in [3.05, 3.63) is 78.4 Å². The number of nitrogens with two attached hydrogens (primary N) is 1. The lowest BCUT2D eigenvalue weighted by Crippen LogP contribution is -2.08. The summed E-state index contributed by atoms with van der Waals surface area (Å²) in [5, 5.41) is 0. The monoisotopic (exact) mass is 483 g/mol. The fourth-order valence-corrected chi connectivity index (χ4v) is 4.34. The normalized spacial score (nSPS) is 11.3. The molecule has 0 fully saturated rings. The molecule has 2 N–H and O–H groups in total. The summed E-state index contributed by atoms with van der Waals surface area (Å²) in [5.41, 5.74) is 6.65. The highest BCUT2D eigenvalue weighted by Crippen LogP contribution is 2.25. The molecule has 8 heteroatoms. The number of benzene rings is 3. The highest BCUT2D eigenvalue weighted by Gasteiger charge is 2.18. The third-order valence-corrected chi connectivity index (χ3v) is 6.61. The van der Waals surface area contributed by atoms with Gasteiger partial charge in [0.15, 0.2) is 0 Å². The number of sulfone groups is 1. The number of nitrogen functional groups attached to an aromatic ring is 1. The van der Waals surface area contributed by atoms with Crippen molar-refractivity contribution < 1.29 is 27.4 Å². The molecule has 180 valence electrons. The molecule has 0 radical (unpaired) electrons. The van der Waals surface area contributed by atoms with E-state index in [1.807, 2.05) is 13.8 Å². The average Bonchev–Trinajstić information content (AvgIpc) is 2.82. The van der Waals surface area contributed by atoms with Gasteiger partial charge in [-0.25, -0.2) is 13.2 Å². The lowest BCUT2D eigenvalue weighted by Gasteiger charge is -2.11. The first-order valence-corrected chi connectivity index (χ1v) is 12.5. The summed E-state index contributed by atoms with van der Waals surface area (Å²) in [6.45, 7) is 4.52. The van der Waals surface area contributed by atoms with Crippen LogP contribution >= 0.6 is 0 Å². The maximum Gasteiger partial charge on any atom is 0.338 e. The fraction of sp³-hybridized carbons (Fsp3) is 0.269. The maximum atomic E-state index is 12.9. The average molecular weight is 484 g/mol. The largest absolute Gasteiger partial charge is 0.494 e. The van der Waals surface area contributed by atoms with Gasteiger partial charge < -0.3 is 19.9 Å². The van der Waals surface area contributed by atoms with Gasteiger partial charge in [0.2, 0.25) is 9.84 Å². The van der Waals surface area contributed by atoms with Crippen LogP contribution in [-0.4, -0.2) is 33.7 Å². The van der Waals surface area contributed by atoms with Gasteiger partial charge in [0, 0.05) is 5.69 Å². The van der Waals surface area contributed by atoms with Crippen LogP contribution in [0.5, 0.6) is 11.5 Å². The van der Waals surface area contributed by atoms with E-state index in [1.54, 1.807) is 48.5 Å². The summed E-state index contributed by atoms with van der Waals surface area (Å²) in [5.74, 6) is 0.802. The predicted molar refractivity (Wildman–Crippen MR) is 130 cm³/mol. The van der Waals surface area contributed by atoms with Crippen molar-refractivity contribution in [1.82, 2.24) is 0 Å². The minimum absolute atomic E-state index is 0.0135. The second-order valence-corrected chi connectivity index (χ2v) is 9.88. The molecular weight excluding hydrogens is 454 g/mol. The Morgan fingerprint density at radius 2 is 1.32 bits per heavy atom. The molecule has 0 aromatic heterocycles. The summed E-state index contributed by atoms with van der Waals surface area (Å²) in [7, 11) is -3.63. The molecule has 0 aliphatic rings. The van der Waals surface area contributed by atoms with E-state index in [2.05, 4.69) is 0 Å².